The van der Waals surface area contributed by atoms with E-state index in [0.29, 0.717) is 16.8 Å². The number of amides is 1. The van der Waals surface area contributed by atoms with Gasteiger partial charge >= 0.3 is 5.76 Å². The molecule has 148 valence electrons. The number of aromatic nitrogens is 2. The van der Waals surface area contributed by atoms with E-state index in [4.69, 9.17) is 9.40 Å². The Bertz CT molecular complexity index is 1270. The van der Waals surface area contributed by atoms with Gasteiger partial charge < -0.3 is 14.6 Å². The monoisotopic (exact) mass is 408 g/mol. The van der Waals surface area contributed by atoms with Gasteiger partial charge in [-0.1, -0.05) is 23.5 Å². The van der Waals surface area contributed by atoms with E-state index < -0.39 is 11.8 Å². The fourth-order valence-corrected chi connectivity index (χ4v) is 4.81. The Morgan fingerprint density at radius 3 is 2.83 bits per heavy atom. The summed E-state index contributed by atoms with van der Waals surface area (Å²) in [6, 6.07) is 12.1. The van der Waals surface area contributed by atoms with Crippen LogP contribution >= 0.6 is 11.3 Å². The van der Waals surface area contributed by atoms with Crippen molar-refractivity contribution in [2.45, 2.75) is 25.8 Å². The topological polar surface area (TPSA) is 80.4 Å². The van der Waals surface area contributed by atoms with Crippen LogP contribution in [0.25, 0.3) is 21.3 Å². The summed E-state index contributed by atoms with van der Waals surface area (Å²) in [5.41, 5.74) is 2.69. The van der Waals surface area contributed by atoms with E-state index in [-0.39, 0.29) is 5.91 Å². The molecule has 1 N–H and O–H groups in total. The number of nitrogens with zero attached hydrogens (tertiary/aromatic N) is 3. The van der Waals surface area contributed by atoms with Crippen molar-refractivity contribution in [2.24, 2.45) is 0 Å². The molecular formula is C21H20N4O3S. The summed E-state index contributed by atoms with van der Waals surface area (Å²) < 4.78 is 7.65. The minimum atomic E-state index is -0.705. The molecule has 1 fully saturated rings. The van der Waals surface area contributed by atoms with Crippen LogP contribution in [0.2, 0.25) is 0 Å². The molecule has 0 spiro atoms. The van der Waals surface area contributed by atoms with Crippen molar-refractivity contribution in [3.63, 3.8) is 0 Å². The molecule has 1 aliphatic heterocycles. The van der Waals surface area contributed by atoms with Gasteiger partial charge in [-0.2, -0.15) is 0 Å². The molecule has 1 saturated heterocycles. The first-order chi connectivity index (χ1) is 14.1. The standard InChI is InChI=1S/C21H20N4O3S/c1-13(25-16-6-2-3-7-17(16)28-21(25)27)19(26)22-14-8-9-15-18(12-14)29-20(23-15)24-10-4-5-11-24/h2-3,6-9,12-13H,4-5,10-11H2,1H3,(H,22,26)/t13-/m1/s1. The highest BCUT2D eigenvalue weighted by atomic mass is 32.1. The van der Waals surface area contributed by atoms with Crippen molar-refractivity contribution in [3.8, 4) is 0 Å². The highest BCUT2D eigenvalue weighted by molar-refractivity contribution is 7.22. The highest BCUT2D eigenvalue weighted by Gasteiger charge is 2.22. The van der Waals surface area contributed by atoms with Gasteiger partial charge in [-0.3, -0.25) is 9.36 Å². The van der Waals surface area contributed by atoms with Gasteiger partial charge in [0, 0.05) is 18.8 Å². The SMILES string of the molecule is C[C@H](C(=O)Nc1ccc2nc(N3CCCC3)sc2c1)n1c(=O)oc2ccccc21. The predicted octanol–water partition coefficient (Wildman–Crippen LogP) is 4.00. The average molecular weight is 408 g/mol. The molecule has 7 nitrogen and oxygen atoms in total. The van der Waals surface area contributed by atoms with E-state index in [1.807, 2.05) is 24.3 Å². The van der Waals surface area contributed by atoms with Crippen LogP contribution in [0.3, 0.4) is 0 Å². The smallest absolute Gasteiger partial charge is 0.408 e. The Morgan fingerprint density at radius 1 is 1.21 bits per heavy atom. The van der Waals surface area contributed by atoms with E-state index in [1.54, 1.807) is 36.5 Å². The van der Waals surface area contributed by atoms with Crippen molar-refractivity contribution in [1.82, 2.24) is 9.55 Å². The second-order valence-corrected chi connectivity index (χ2v) is 8.25. The largest absolute Gasteiger partial charge is 0.420 e. The quantitative estimate of drug-likeness (QED) is 0.552. The van der Waals surface area contributed by atoms with Crippen LogP contribution in [-0.4, -0.2) is 28.5 Å². The number of para-hydroxylation sites is 2. The molecule has 0 radical (unpaired) electrons. The molecule has 1 aliphatic rings. The van der Waals surface area contributed by atoms with Gasteiger partial charge in [0.25, 0.3) is 0 Å². The fourth-order valence-electron chi connectivity index (χ4n) is 3.75. The van der Waals surface area contributed by atoms with E-state index in [0.717, 1.165) is 28.4 Å². The molecule has 4 aromatic rings. The zero-order valence-corrected chi connectivity index (χ0v) is 16.7. The van der Waals surface area contributed by atoms with Crippen molar-refractivity contribution in [1.29, 1.82) is 0 Å². The molecule has 0 unspecified atom stereocenters. The summed E-state index contributed by atoms with van der Waals surface area (Å²) >= 11 is 1.64. The number of thiazole rings is 1. The molecule has 29 heavy (non-hydrogen) atoms. The Kier molecular flexibility index (Phi) is 4.35. The van der Waals surface area contributed by atoms with Gasteiger partial charge in [0.15, 0.2) is 10.7 Å². The maximum absolute atomic E-state index is 12.8. The fraction of sp³-hybridized carbons (Fsp3) is 0.286. The summed E-state index contributed by atoms with van der Waals surface area (Å²) in [5, 5.41) is 3.95. The molecule has 0 aliphatic carbocycles. The van der Waals surface area contributed by atoms with Crippen LogP contribution in [0, 0.1) is 0 Å². The second-order valence-electron chi connectivity index (χ2n) is 7.24. The normalized spacial score (nSPS) is 15.3. The first kappa shape index (κ1) is 17.9. The third-order valence-electron chi connectivity index (χ3n) is 5.31. The molecular weight excluding hydrogens is 388 g/mol. The van der Waals surface area contributed by atoms with Crippen LogP contribution in [0.5, 0.6) is 0 Å². The lowest BCUT2D eigenvalue weighted by Gasteiger charge is -2.13. The lowest BCUT2D eigenvalue weighted by Crippen LogP contribution is -2.29. The maximum Gasteiger partial charge on any atom is 0.420 e. The van der Waals surface area contributed by atoms with Crippen LogP contribution in [0.1, 0.15) is 25.8 Å². The second kappa shape index (κ2) is 7.04. The maximum atomic E-state index is 12.8. The van der Waals surface area contributed by atoms with Crippen LogP contribution in [0.4, 0.5) is 10.8 Å². The van der Waals surface area contributed by atoms with E-state index >= 15 is 0 Å². The molecule has 5 rings (SSSR count). The Labute approximate surface area is 170 Å². The number of oxazole rings is 1. The Hall–Kier alpha value is -3.13. The Morgan fingerprint density at radius 2 is 2.00 bits per heavy atom. The summed E-state index contributed by atoms with van der Waals surface area (Å²) in [6.07, 6.45) is 2.41. The minimum absolute atomic E-state index is 0.276. The van der Waals surface area contributed by atoms with Gasteiger partial charge in [-0.15, -0.1) is 0 Å². The lowest BCUT2D eigenvalue weighted by atomic mass is 10.2. The van der Waals surface area contributed by atoms with Crippen molar-refractivity contribution in [3.05, 3.63) is 53.0 Å². The number of hydrogen-bond donors (Lipinski definition) is 1. The number of carbonyl (C=O) groups excluding carboxylic acids is 1. The molecule has 2 aromatic carbocycles. The Balaban J connectivity index is 1.40. The lowest BCUT2D eigenvalue weighted by molar-refractivity contribution is -0.118. The van der Waals surface area contributed by atoms with Crippen LogP contribution in [-0.2, 0) is 4.79 Å². The summed E-state index contributed by atoms with van der Waals surface area (Å²) in [4.78, 5) is 32.1. The molecule has 1 amide bonds. The number of nitrogens with one attached hydrogen (secondary N) is 1. The molecule has 2 aromatic heterocycles. The zero-order chi connectivity index (χ0) is 20.0. The third kappa shape index (κ3) is 3.19. The van der Waals surface area contributed by atoms with Crippen molar-refractivity contribution in [2.75, 3.05) is 23.3 Å². The van der Waals surface area contributed by atoms with Crippen LogP contribution < -0.4 is 16.0 Å². The van der Waals surface area contributed by atoms with E-state index in [9.17, 15) is 9.59 Å². The highest BCUT2D eigenvalue weighted by Crippen LogP contribution is 2.32. The van der Waals surface area contributed by atoms with E-state index in [2.05, 4.69) is 10.2 Å². The summed E-state index contributed by atoms with van der Waals surface area (Å²) in [5.74, 6) is -0.815. The molecule has 0 bridgehead atoms. The van der Waals surface area contributed by atoms with Crippen molar-refractivity contribution >= 4 is 49.4 Å². The van der Waals surface area contributed by atoms with Crippen molar-refractivity contribution < 1.29 is 9.21 Å². The van der Waals surface area contributed by atoms with Gasteiger partial charge in [0.2, 0.25) is 5.91 Å². The minimum Gasteiger partial charge on any atom is -0.408 e. The first-order valence-electron chi connectivity index (χ1n) is 9.66. The van der Waals surface area contributed by atoms with Gasteiger partial charge in [-0.25, -0.2) is 9.78 Å². The molecule has 3 heterocycles. The first-order valence-corrected chi connectivity index (χ1v) is 10.5. The van der Waals surface area contributed by atoms with Gasteiger partial charge in [0.05, 0.1) is 15.7 Å². The molecule has 0 saturated carbocycles. The molecule has 1 atom stereocenters. The number of hydrogen-bond acceptors (Lipinski definition) is 6. The summed E-state index contributed by atoms with van der Waals surface area (Å²) in [6.45, 7) is 3.79. The molecule has 8 heteroatoms. The average Bonchev–Trinajstić information content (AvgIpc) is 3.44. The van der Waals surface area contributed by atoms with Gasteiger partial charge in [-0.05, 0) is 50.1 Å². The number of carbonyl (C=O) groups is 1. The van der Waals surface area contributed by atoms with Crippen LogP contribution in [0.15, 0.2) is 51.7 Å². The number of rotatable bonds is 4. The van der Waals surface area contributed by atoms with E-state index in [1.165, 1.54) is 17.4 Å². The zero-order valence-electron chi connectivity index (χ0n) is 15.9. The van der Waals surface area contributed by atoms with Gasteiger partial charge in [0.1, 0.15) is 6.04 Å². The third-order valence-corrected chi connectivity index (χ3v) is 6.39. The number of benzene rings is 2. The summed E-state index contributed by atoms with van der Waals surface area (Å²) in [7, 11) is 0. The number of fused-ring (bicyclic) bond motifs is 2. The number of anilines is 2. The predicted molar refractivity (Wildman–Crippen MR) is 115 cm³/mol.